The van der Waals surface area contributed by atoms with Crippen molar-refractivity contribution in [1.82, 2.24) is 15.2 Å². The first kappa shape index (κ1) is 23.5. The van der Waals surface area contributed by atoms with Gasteiger partial charge in [-0.15, -0.1) is 11.3 Å². The van der Waals surface area contributed by atoms with Gasteiger partial charge in [-0.2, -0.15) is 5.10 Å². The number of piperidine rings is 1. The normalized spacial score (nSPS) is 21.7. The molecule has 2 unspecified atom stereocenters. The van der Waals surface area contributed by atoms with Crippen molar-refractivity contribution < 1.29 is 18.7 Å². The summed E-state index contributed by atoms with van der Waals surface area (Å²) < 4.78 is 10.9. The van der Waals surface area contributed by atoms with E-state index in [0.717, 1.165) is 36.5 Å². The molecule has 178 valence electrons. The molecule has 1 fully saturated rings. The van der Waals surface area contributed by atoms with E-state index in [1.54, 1.807) is 22.6 Å². The van der Waals surface area contributed by atoms with Crippen LogP contribution in [0.1, 0.15) is 56.7 Å². The van der Waals surface area contributed by atoms with Gasteiger partial charge < -0.3 is 14.5 Å². The van der Waals surface area contributed by atoms with Gasteiger partial charge in [-0.1, -0.05) is 6.07 Å². The molecule has 2 amide bonds. The number of alkyl carbamates (subject to hydrolysis) is 1. The molecular formula is C24H32N4O4S. The molecule has 33 heavy (non-hydrogen) atoms. The molecule has 0 aliphatic carbocycles. The first-order valence-corrected chi connectivity index (χ1v) is 12.3. The number of furan rings is 1. The average molecular weight is 473 g/mol. The molecule has 4 heterocycles. The molecule has 2 atom stereocenters. The minimum atomic E-state index is -0.515. The van der Waals surface area contributed by atoms with Crippen LogP contribution in [0.5, 0.6) is 0 Å². The van der Waals surface area contributed by atoms with Crippen LogP contribution in [0.15, 0.2) is 45.4 Å². The van der Waals surface area contributed by atoms with Crippen molar-refractivity contribution in [1.29, 1.82) is 0 Å². The van der Waals surface area contributed by atoms with Gasteiger partial charge in [-0.3, -0.25) is 9.69 Å². The quantitative estimate of drug-likeness (QED) is 0.679. The fourth-order valence-corrected chi connectivity index (χ4v) is 5.11. The van der Waals surface area contributed by atoms with Gasteiger partial charge in [0.2, 0.25) is 0 Å². The largest absolute Gasteiger partial charge is 0.463 e. The lowest BCUT2D eigenvalue weighted by Gasteiger charge is -2.33. The number of nitrogens with one attached hydrogen (secondary N) is 1. The molecule has 2 aromatic rings. The third kappa shape index (κ3) is 6.23. The van der Waals surface area contributed by atoms with Crippen molar-refractivity contribution in [3.63, 3.8) is 0 Å². The fourth-order valence-electron chi connectivity index (χ4n) is 4.30. The summed E-state index contributed by atoms with van der Waals surface area (Å²) >= 11 is 1.64. The van der Waals surface area contributed by atoms with Crippen LogP contribution in [0, 0.1) is 5.92 Å². The van der Waals surface area contributed by atoms with Crippen LogP contribution >= 0.6 is 11.3 Å². The van der Waals surface area contributed by atoms with Crippen molar-refractivity contribution in [2.75, 3.05) is 26.2 Å². The Morgan fingerprint density at radius 2 is 2.15 bits per heavy atom. The van der Waals surface area contributed by atoms with Crippen LogP contribution in [-0.2, 0) is 9.53 Å². The molecule has 8 nitrogen and oxygen atoms in total. The Balaban J connectivity index is 1.36. The molecule has 0 spiro atoms. The molecular weight excluding hydrogens is 440 g/mol. The number of amides is 2. The number of likely N-dealkylation sites (tertiary alicyclic amines) is 1. The zero-order valence-corrected chi connectivity index (χ0v) is 20.3. The van der Waals surface area contributed by atoms with E-state index in [2.05, 4.69) is 21.4 Å². The molecule has 2 aliphatic rings. The van der Waals surface area contributed by atoms with Gasteiger partial charge in [0.25, 0.3) is 5.91 Å². The minimum absolute atomic E-state index is 0.0179. The molecule has 0 bridgehead atoms. The second kappa shape index (κ2) is 10.1. The van der Waals surface area contributed by atoms with Crippen molar-refractivity contribution in [2.45, 2.75) is 51.7 Å². The highest BCUT2D eigenvalue weighted by Gasteiger charge is 2.35. The molecule has 2 aromatic heterocycles. The number of hydrazone groups is 1. The van der Waals surface area contributed by atoms with Crippen molar-refractivity contribution in [3.8, 4) is 0 Å². The standard InChI is InChI=1S/C24H32N4O4S/c1-24(2,3)32-23(30)25-14-17-7-4-10-27(15-17)16-22(29)28-19(21-9-6-12-33-21)13-18(26-28)20-8-5-11-31-20/h5-6,8-9,11-12,17,19H,4,7,10,13-16H2,1-3H3,(H,25,30). The molecule has 2 aliphatic heterocycles. The number of hydrogen-bond donors (Lipinski definition) is 1. The number of carbonyl (C=O) groups is 2. The lowest BCUT2D eigenvalue weighted by atomic mass is 9.98. The molecule has 4 rings (SSSR count). The lowest BCUT2D eigenvalue weighted by molar-refractivity contribution is -0.134. The predicted octanol–water partition coefficient (Wildman–Crippen LogP) is 4.26. The Morgan fingerprint density at radius 3 is 2.85 bits per heavy atom. The lowest BCUT2D eigenvalue weighted by Crippen LogP contribution is -2.45. The Kier molecular flexibility index (Phi) is 7.19. The minimum Gasteiger partial charge on any atom is -0.463 e. The van der Waals surface area contributed by atoms with Crippen LogP contribution < -0.4 is 5.32 Å². The number of thiophene rings is 1. The summed E-state index contributed by atoms with van der Waals surface area (Å²) in [6.45, 7) is 8.02. The van der Waals surface area contributed by atoms with Crippen LogP contribution in [0.25, 0.3) is 0 Å². The Labute approximate surface area is 198 Å². The first-order chi connectivity index (χ1) is 15.8. The number of nitrogens with zero attached hydrogens (tertiary/aromatic N) is 3. The van der Waals surface area contributed by atoms with E-state index in [1.165, 1.54) is 0 Å². The molecule has 9 heteroatoms. The maximum atomic E-state index is 13.3. The first-order valence-electron chi connectivity index (χ1n) is 11.4. The second-order valence-corrected chi connectivity index (χ2v) is 10.6. The zero-order chi connectivity index (χ0) is 23.4. The van der Waals surface area contributed by atoms with E-state index in [4.69, 9.17) is 9.15 Å². The van der Waals surface area contributed by atoms with E-state index in [1.807, 2.05) is 44.4 Å². The van der Waals surface area contributed by atoms with Crippen molar-refractivity contribution in [2.24, 2.45) is 11.0 Å². The van der Waals surface area contributed by atoms with Gasteiger partial charge in [0.05, 0.1) is 18.8 Å². The summed E-state index contributed by atoms with van der Waals surface area (Å²) in [5.41, 5.74) is 0.281. The molecule has 0 saturated carbocycles. The third-order valence-corrected chi connectivity index (χ3v) is 6.71. The summed E-state index contributed by atoms with van der Waals surface area (Å²) in [7, 11) is 0. The topological polar surface area (TPSA) is 87.4 Å². The van der Waals surface area contributed by atoms with Gasteiger partial charge in [0.1, 0.15) is 17.1 Å². The number of carbonyl (C=O) groups excluding carboxylic acids is 2. The maximum absolute atomic E-state index is 13.3. The number of rotatable bonds is 6. The van der Waals surface area contributed by atoms with Crippen LogP contribution in [0.3, 0.4) is 0 Å². The van der Waals surface area contributed by atoms with E-state index < -0.39 is 11.7 Å². The van der Waals surface area contributed by atoms with Crippen LogP contribution in [0.4, 0.5) is 4.79 Å². The van der Waals surface area contributed by atoms with E-state index >= 15 is 0 Å². The van der Waals surface area contributed by atoms with Gasteiger partial charge in [-0.25, -0.2) is 9.80 Å². The molecule has 0 aromatic carbocycles. The van der Waals surface area contributed by atoms with Gasteiger partial charge in [0, 0.05) is 24.4 Å². The number of hydrogen-bond acceptors (Lipinski definition) is 7. The Hall–Kier alpha value is -2.65. The summed E-state index contributed by atoms with van der Waals surface area (Å²) in [5.74, 6) is 0.974. The summed E-state index contributed by atoms with van der Waals surface area (Å²) in [6.07, 6.45) is 3.88. The summed E-state index contributed by atoms with van der Waals surface area (Å²) in [4.78, 5) is 28.6. The molecule has 1 N–H and O–H groups in total. The van der Waals surface area contributed by atoms with Gasteiger partial charge in [-0.05, 0) is 69.7 Å². The predicted molar refractivity (Wildman–Crippen MR) is 127 cm³/mol. The average Bonchev–Trinajstić information content (AvgIpc) is 3.52. The van der Waals surface area contributed by atoms with Crippen molar-refractivity contribution >= 4 is 29.0 Å². The van der Waals surface area contributed by atoms with Gasteiger partial charge >= 0.3 is 6.09 Å². The molecule has 1 saturated heterocycles. The highest BCUT2D eigenvalue weighted by atomic mass is 32.1. The van der Waals surface area contributed by atoms with E-state index in [-0.39, 0.29) is 17.9 Å². The second-order valence-electron chi connectivity index (χ2n) is 9.62. The van der Waals surface area contributed by atoms with Crippen LogP contribution in [0.2, 0.25) is 0 Å². The van der Waals surface area contributed by atoms with E-state index in [0.29, 0.717) is 25.3 Å². The van der Waals surface area contributed by atoms with Crippen LogP contribution in [-0.4, -0.2) is 59.4 Å². The number of ether oxygens (including phenoxy) is 1. The summed E-state index contributed by atoms with van der Waals surface area (Å²) in [6, 6.07) is 7.66. The molecule has 0 radical (unpaired) electrons. The Morgan fingerprint density at radius 1 is 1.30 bits per heavy atom. The van der Waals surface area contributed by atoms with Gasteiger partial charge in [0.15, 0.2) is 0 Å². The fraction of sp³-hybridized carbons (Fsp3) is 0.542. The monoisotopic (exact) mass is 472 g/mol. The smallest absolute Gasteiger partial charge is 0.407 e. The maximum Gasteiger partial charge on any atom is 0.407 e. The Bertz CT molecular complexity index is 965. The van der Waals surface area contributed by atoms with Crippen molar-refractivity contribution in [3.05, 3.63) is 46.5 Å². The SMILES string of the molecule is CC(C)(C)OC(=O)NCC1CCCN(CC(=O)N2N=C(c3ccco3)CC2c2cccs2)C1. The third-order valence-electron chi connectivity index (χ3n) is 5.74. The zero-order valence-electron chi connectivity index (χ0n) is 19.5. The summed E-state index contributed by atoms with van der Waals surface area (Å²) in [5, 5.41) is 11.2. The highest BCUT2D eigenvalue weighted by molar-refractivity contribution is 7.10. The van der Waals surface area contributed by atoms with E-state index in [9.17, 15) is 9.59 Å². The highest BCUT2D eigenvalue weighted by Crippen LogP contribution is 2.35.